The fraction of sp³-hybridized carbons (Fsp3) is 0.462. The number of carboxylic acids is 1. The third kappa shape index (κ3) is 2.41. The first kappa shape index (κ1) is 12.7. The maximum absolute atomic E-state index is 11.1. The zero-order valence-corrected chi connectivity index (χ0v) is 10.3. The minimum atomic E-state index is -0.875. The first-order valence-corrected chi connectivity index (χ1v) is 6.01. The van der Waals surface area contributed by atoms with Gasteiger partial charge >= 0.3 is 5.97 Å². The molecule has 0 spiro atoms. The van der Waals surface area contributed by atoms with Gasteiger partial charge in [0.1, 0.15) is 13.2 Å². The van der Waals surface area contributed by atoms with Crippen LogP contribution >= 0.6 is 0 Å². The molecule has 5 heteroatoms. The molecule has 1 aromatic carbocycles. The summed E-state index contributed by atoms with van der Waals surface area (Å²) < 4.78 is 10.9. The highest BCUT2D eigenvalue weighted by Crippen LogP contribution is 2.34. The van der Waals surface area contributed by atoms with Crippen LogP contribution in [-0.4, -0.2) is 24.3 Å². The van der Waals surface area contributed by atoms with Gasteiger partial charge in [0.15, 0.2) is 11.5 Å². The van der Waals surface area contributed by atoms with E-state index in [0.717, 1.165) is 5.56 Å². The van der Waals surface area contributed by atoms with Crippen molar-refractivity contribution in [2.75, 3.05) is 13.2 Å². The summed E-state index contributed by atoms with van der Waals surface area (Å²) in [5, 5.41) is 9.11. The molecule has 0 fully saturated rings. The van der Waals surface area contributed by atoms with Crippen molar-refractivity contribution >= 4 is 5.97 Å². The molecule has 1 aromatic rings. The molecule has 98 valence electrons. The molecule has 0 aliphatic carbocycles. The summed E-state index contributed by atoms with van der Waals surface area (Å²) in [6.07, 6.45) is 0.491. The summed E-state index contributed by atoms with van der Waals surface area (Å²) >= 11 is 0. The topological polar surface area (TPSA) is 81.8 Å². The van der Waals surface area contributed by atoms with E-state index in [9.17, 15) is 4.79 Å². The number of fused-ring (bicyclic) bond motifs is 1. The van der Waals surface area contributed by atoms with Gasteiger partial charge in [-0.3, -0.25) is 4.79 Å². The van der Waals surface area contributed by atoms with Gasteiger partial charge in [0, 0.05) is 6.04 Å². The van der Waals surface area contributed by atoms with Crippen LogP contribution in [0, 0.1) is 5.92 Å². The predicted octanol–water partition coefficient (Wildman–Crippen LogP) is 1.57. The van der Waals surface area contributed by atoms with E-state index < -0.39 is 17.9 Å². The highest BCUT2D eigenvalue weighted by atomic mass is 16.6. The van der Waals surface area contributed by atoms with Gasteiger partial charge in [-0.05, 0) is 24.1 Å². The molecule has 1 aliphatic heterocycles. The van der Waals surface area contributed by atoms with Crippen LogP contribution in [0.25, 0.3) is 0 Å². The Balaban J connectivity index is 2.25. The Morgan fingerprint density at radius 3 is 2.67 bits per heavy atom. The minimum absolute atomic E-state index is 0.491. The summed E-state index contributed by atoms with van der Waals surface area (Å²) in [5.41, 5.74) is 6.76. The van der Waals surface area contributed by atoms with E-state index >= 15 is 0 Å². The lowest BCUT2D eigenvalue weighted by atomic mass is 9.91. The van der Waals surface area contributed by atoms with E-state index in [0.29, 0.717) is 31.1 Å². The zero-order valence-electron chi connectivity index (χ0n) is 10.3. The fourth-order valence-electron chi connectivity index (χ4n) is 2.08. The maximum atomic E-state index is 11.1. The molecule has 0 saturated carbocycles. The number of hydrogen-bond acceptors (Lipinski definition) is 4. The minimum Gasteiger partial charge on any atom is -0.486 e. The van der Waals surface area contributed by atoms with Crippen molar-refractivity contribution in [1.82, 2.24) is 0 Å². The molecule has 0 aromatic heterocycles. The summed E-state index contributed by atoms with van der Waals surface area (Å²) in [6.45, 7) is 2.85. The number of carboxylic acid groups (broad SMARTS) is 1. The van der Waals surface area contributed by atoms with E-state index in [1.165, 1.54) is 0 Å². The quantitative estimate of drug-likeness (QED) is 0.848. The Labute approximate surface area is 106 Å². The number of carbonyl (C=O) groups is 1. The van der Waals surface area contributed by atoms with Crippen molar-refractivity contribution in [3.8, 4) is 11.5 Å². The van der Waals surface area contributed by atoms with E-state index in [4.69, 9.17) is 20.3 Å². The van der Waals surface area contributed by atoms with E-state index in [2.05, 4.69) is 0 Å². The normalized spacial score (nSPS) is 17.0. The largest absolute Gasteiger partial charge is 0.486 e. The molecular weight excluding hydrogens is 234 g/mol. The van der Waals surface area contributed by atoms with Gasteiger partial charge in [0.25, 0.3) is 0 Å². The molecule has 0 saturated heterocycles. The van der Waals surface area contributed by atoms with E-state index in [-0.39, 0.29) is 0 Å². The van der Waals surface area contributed by atoms with Crippen molar-refractivity contribution < 1.29 is 19.4 Å². The molecule has 5 nitrogen and oxygen atoms in total. The average Bonchev–Trinajstić information content (AvgIpc) is 2.38. The molecule has 2 rings (SSSR count). The molecule has 2 unspecified atom stereocenters. The number of nitrogens with two attached hydrogens (primary N) is 1. The molecular formula is C13H17NO4. The van der Waals surface area contributed by atoms with E-state index in [1.807, 2.05) is 6.92 Å². The molecule has 0 amide bonds. The van der Waals surface area contributed by atoms with Gasteiger partial charge in [0.05, 0.1) is 5.92 Å². The van der Waals surface area contributed by atoms with Gasteiger partial charge < -0.3 is 20.3 Å². The van der Waals surface area contributed by atoms with Gasteiger partial charge in [-0.25, -0.2) is 0 Å². The van der Waals surface area contributed by atoms with Gasteiger partial charge in [-0.2, -0.15) is 0 Å². The highest BCUT2D eigenvalue weighted by Gasteiger charge is 2.25. The Bertz CT molecular complexity index is 447. The molecule has 18 heavy (non-hydrogen) atoms. The number of aliphatic carboxylic acids is 1. The second-order valence-electron chi connectivity index (χ2n) is 4.28. The molecule has 1 heterocycles. The Morgan fingerprint density at radius 2 is 2.06 bits per heavy atom. The van der Waals surface area contributed by atoms with Crippen LogP contribution in [0.3, 0.4) is 0 Å². The van der Waals surface area contributed by atoms with Crippen LogP contribution < -0.4 is 15.2 Å². The van der Waals surface area contributed by atoms with Crippen molar-refractivity contribution in [1.29, 1.82) is 0 Å². The Morgan fingerprint density at radius 1 is 1.39 bits per heavy atom. The third-order valence-electron chi connectivity index (χ3n) is 3.14. The van der Waals surface area contributed by atoms with Crippen LogP contribution in [-0.2, 0) is 4.79 Å². The third-order valence-corrected chi connectivity index (χ3v) is 3.14. The van der Waals surface area contributed by atoms with Crippen LogP contribution in [0.2, 0.25) is 0 Å². The van der Waals surface area contributed by atoms with Crippen LogP contribution in [0.5, 0.6) is 11.5 Å². The number of hydrogen-bond donors (Lipinski definition) is 2. The number of benzene rings is 1. The highest BCUT2D eigenvalue weighted by molar-refractivity contribution is 5.71. The SMILES string of the molecule is CCC(C(=O)O)C(N)c1ccc2c(c1)OCCO2. The van der Waals surface area contributed by atoms with Gasteiger partial charge in [-0.15, -0.1) is 0 Å². The molecule has 2 atom stereocenters. The van der Waals surface area contributed by atoms with E-state index in [1.54, 1.807) is 18.2 Å². The zero-order chi connectivity index (χ0) is 13.1. The van der Waals surface area contributed by atoms with Crippen LogP contribution in [0.15, 0.2) is 18.2 Å². The summed E-state index contributed by atoms with van der Waals surface area (Å²) in [6, 6.07) is 4.80. The first-order chi connectivity index (χ1) is 8.63. The van der Waals surface area contributed by atoms with Crippen LogP contribution in [0.4, 0.5) is 0 Å². The maximum Gasteiger partial charge on any atom is 0.308 e. The lowest BCUT2D eigenvalue weighted by Crippen LogP contribution is -2.28. The standard InChI is InChI=1S/C13H17NO4/c1-2-9(13(15)16)12(14)8-3-4-10-11(7-8)18-6-5-17-10/h3-4,7,9,12H,2,5-6,14H2,1H3,(H,15,16). The van der Waals surface area contributed by atoms with Crippen molar-refractivity contribution in [2.24, 2.45) is 11.7 Å². The molecule has 0 radical (unpaired) electrons. The summed E-state index contributed by atoms with van der Waals surface area (Å²) in [5.74, 6) is -0.150. The summed E-state index contributed by atoms with van der Waals surface area (Å²) in [7, 11) is 0. The average molecular weight is 251 g/mol. The van der Waals surface area contributed by atoms with Crippen molar-refractivity contribution in [2.45, 2.75) is 19.4 Å². The Hall–Kier alpha value is -1.75. The Kier molecular flexibility index (Phi) is 3.72. The van der Waals surface area contributed by atoms with Crippen molar-refractivity contribution in [3.63, 3.8) is 0 Å². The smallest absolute Gasteiger partial charge is 0.308 e. The number of ether oxygens (including phenoxy) is 2. The fourth-order valence-corrected chi connectivity index (χ4v) is 2.08. The lowest BCUT2D eigenvalue weighted by Gasteiger charge is -2.23. The second-order valence-corrected chi connectivity index (χ2v) is 4.28. The summed E-state index contributed by atoms with van der Waals surface area (Å²) in [4.78, 5) is 11.1. The van der Waals surface area contributed by atoms with Gasteiger partial charge in [-0.1, -0.05) is 13.0 Å². The first-order valence-electron chi connectivity index (χ1n) is 6.01. The monoisotopic (exact) mass is 251 g/mol. The second kappa shape index (κ2) is 5.27. The molecule has 0 bridgehead atoms. The van der Waals surface area contributed by atoms with Crippen LogP contribution in [0.1, 0.15) is 24.9 Å². The predicted molar refractivity (Wildman–Crippen MR) is 65.8 cm³/mol. The lowest BCUT2D eigenvalue weighted by molar-refractivity contribution is -0.142. The molecule has 1 aliphatic rings. The number of rotatable bonds is 4. The van der Waals surface area contributed by atoms with Crippen molar-refractivity contribution in [3.05, 3.63) is 23.8 Å². The molecule has 3 N–H and O–H groups in total. The van der Waals surface area contributed by atoms with Gasteiger partial charge in [0.2, 0.25) is 0 Å².